The number of ether oxygens (including phenoxy) is 1. The third-order valence-corrected chi connectivity index (χ3v) is 2.82. The molecule has 0 aliphatic rings. The number of nitrogens with one attached hydrogen (secondary N) is 2. The van der Waals surface area contributed by atoms with E-state index in [-0.39, 0.29) is 11.9 Å². The van der Waals surface area contributed by atoms with Crippen molar-refractivity contribution in [3.05, 3.63) is 0 Å². The van der Waals surface area contributed by atoms with Gasteiger partial charge in [-0.05, 0) is 12.2 Å². The lowest BCUT2D eigenvalue weighted by molar-refractivity contribution is -0.113. The van der Waals surface area contributed by atoms with Gasteiger partial charge in [0.05, 0.1) is 12.9 Å². The number of methoxy groups -OCH3 is 1. The molecule has 0 saturated heterocycles. The molecule has 90 valence electrons. The van der Waals surface area contributed by atoms with Crippen molar-refractivity contribution in [2.45, 2.75) is 19.8 Å². The lowest BCUT2D eigenvalue weighted by Crippen LogP contribution is -2.15. The number of amides is 1. The third kappa shape index (κ3) is 4.52. The van der Waals surface area contributed by atoms with Crippen LogP contribution in [0.5, 0.6) is 6.01 Å². The Kier molecular flexibility index (Phi) is 5.69. The van der Waals surface area contributed by atoms with Crippen LogP contribution in [0.1, 0.15) is 19.8 Å². The summed E-state index contributed by atoms with van der Waals surface area (Å²) in [5, 5.41) is 8.88. The predicted molar refractivity (Wildman–Crippen MR) is 63.8 cm³/mol. The van der Waals surface area contributed by atoms with Gasteiger partial charge < -0.3 is 4.74 Å². The Balaban J connectivity index is 2.23. The van der Waals surface area contributed by atoms with Crippen LogP contribution in [-0.2, 0) is 4.79 Å². The fourth-order valence-corrected chi connectivity index (χ4v) is 1.87. The first kappa shape index (κ1) is 12.8. The van der Waals surface area contributed by atoms with E-state index in [2.05, 4.69) is 27.4 Å². The van der Waals surface area contributed by atoms with Crippen molar-refractivity contribution in [1.29, 1.82) is 0 Å². The van der Waals surface area contributed by atoms with Gasteiger partial charge >= 0.3 is 6.01 Å². The van der Waals surface area contributed by atoms with Gasteiger partial charge in [-0.15, -0.1) is 5.10 Å². The molecule has 1 aromatic heterocycles. The maximum Gasteiger partial charge on any atom is 0.336 e. The minimum absolute atomic E-state index is 0.0834. The Hall–Kier alpha value is -1.24. The first-order valence-electron chi connectivity index (χ1n) is 5.10. The fraction of sp³-hybridized carbons (Fsp3) is 0.667. The van der Waals surface area contributed by atoms with Gasteiger partial charge in [0.1, 0.15) is 0 Å². The standard InChI is InChI=1S/C9H16N4O2S/c1-3-4-5-16-6-7(14)10-8-11-9(15-2)13-12-8/h3-6H2,1-2H3,(H2,10,11,12,13,14). The van der Waals surface area contributed by atoms with Gasteiger partial charge in [0, 0.05) is 0 Å². The monoisotopic (exact) mass is 244 g/mol. The zero-order valence-electron chi connectivity index (χ0n) is 9.45. The topological polar surface area (TPSA) is 79.9 Å². The summed E-state index contributed by atoms with van der Waals surface area (Å²) in [6, 6.07) is 0.217. The molecule has 0 saturated carbocycles. The predicted octanol–water partition coefficient (Wildman–Crippen LogP) is 1.29. The van der Waals surface area contributed by atoms with E-state index in [1.165, 1.54) is 7.11 Å². The maximum absolute atomic E-state index is 11.4. The van der Waals surface area contributed by atoms with Crippen LogP contribution in [0.4, 0.5) is 5.95 Å². The number of aromatic amines is 1. The highest BCUT2D eigenvalue weighted by Gasteiger charge is 2.06. The molecule has 0 bridgehead atoms. The molecule has 7 heteroatoms. The summed E-state index contributed by atoms with van der Waals surface area (Å²) < 4.78 is 4.78. The van der Waals surface area contributed by atoms with Crippen LogP contribution >= 0.6 is 11.8 Å². The van der Waals surface area contributed by atoms with Crippen molar-refractivity contribution < 1.29 is 9.53 Å². The second-order valence-electron chi connectivity index (χ2n) is 3.13. The molecule has 0 fully saturated rings. The second-order valence-corrected chi connectivity index (χ2v) is 4.23. The van der Waals surface area contributed by atoms with Gasteiger partial charge in [0.2, 0.25) is 11.9 Å². The minimum atomic E-state index is -0.0834. The van der Waals surface area contributed by atoms with E-state index in [0.717, 1.165) is 18.6 Å². The number of aromatic nitrogens is 3. The largest absolute Gasteiger partial charge is 0.466 e. The first-order valence-corrected chi connectivity index (χ1v) is 6.25. The summed E-state index contributed by atoms with van der Waals surface area (Å²) in [6.07, 6.45) is 2.28. The van der Waals surface area contributed by atoms with Crippen molar-refractivity contribution in [3.63, 3.8) is 0 Å². The zero-order valence-corrected chi connectivity index (χ0v) is 10.3. The van der Waals surface area contributed by atoms with Crippen LogP contribution in [0.3, 0.4) is 0 Å². The Morgan fingerprint density at radius 2 is 2.44 bits per heavy atom. The molecule has 0 atom stereocenters. The van der Waals surface area contributed by atoms with Crippen LogP contribution in [-0.4, -0.2) is 39.7 Å². The van der Waals surface area contributed by atoms with E-state index in [4.69, 9.17) is 4.74 Å². The second kappa shape index (κ2) is 7.10. The highest BCUT2D eigenvalue weighted by Crippen LogP contribution is 2.07. The fourth-order valence-electron chi connectivity index (χ4n) is 0.973. The number of carbonyl (C=O) groups is 1. The summed E-state index contributed by atoms with van der Waals surface area (Å²) in [5.74, 6) is 1.67. The van der Waals surface area contributed by atoms with Crippen LogP contribution < -0.4 is 10.1 Å². The number of carbonyl (C=O) groups excluding carboxylic acids is 1. The molecule has 1 heterocycles. The van der Waals surface area contributed by atoms with Gasteiger partial charge in [-0.2, -0.15) is 16.7 Å². The molecule has 1 rings (SSSR count). The van der Waals surface area contributed by atoms with Crippen LogP contribution in [0, 0.1) is 0 Å². The van der Waals surface area contributed by atoms with E-state index in [9.17, 15) is 4.79 Å². The molecule has 0 aromatic carbocycles. The van der Waals surface area contributed by atoms with Gasteiger partial charge in [-0.3, -0.25) is 10.1 Å². The van der Waals surface area contributed by atoms with Gasteiger partial charge in [-0.1, -0.05) is 13.3 Å². The molecule has 16 heavy (non-hydrogen) atoms. The smallest absolute Gasteiger partial charge is 0.336 e. The quantitative estimate of drug-likeness (QED) is 0.706. The van der Waals surface area contributed by atoms with Crippen molar-refractivity contribution in [3.8, 4) is 6.01 Å². The highest BCUT2D eigenvalue weighted by molar-refractivity contribution is 7.99. The van der Waals surface area contributed by atoms with Crippen LogP contribution in [0.2, 0.25) is 0 Å². The summed E-state index contributed by atoms with van der Waals surface area (Å²) >= 11 is 1.61. The molecule has 0 radical (unpaired) electrons. The molecular weight excluding hydrogens is 228 g/mol. The van der Waals surface area contributed by atoms with Crippen molar-refractivity contribution in [2.75, 3.05) is 23.9 Å². The van der Waals surface area contributed by atoms with Crippen molar-refractivity contribution >= 4 is 23.6 Å². The Labute approximate surface area is 98.6 Å². The van der Waals surface area contributed by atoms with Gasteiger partial charge in [-0.25, -0.2) is 5.10 Å². The molecule has 2 N–H and O–H groups in total. The van der Waals surface area contributed by atoms with E-state index < -0.39 is 0 Å². The number of anilines is 1. The number of unbranched alkanes of at least 4 members (excludes halogenated alkanes) is 1. The summed E-state index contributed by atoms with van der Waals surface area (Å²) in [7, 11) is 1.47. The average molecular weight is 244 g/mol. The van der Waals surface area contributed by atoms with Gasteiger partial charge in [0.15, 0.2) is 0 Å². The first-order chi connectivity index (χ1) is 7.76. The maximum atomic E-state index is 11.4. The summed E-state index contributed by atoms with van der Waals surface area (Å²) in [6.45, 7) is 2.13. The van der Waals surface area contributed by atoms with E-state index in [1.54, 1.807) is 11.8 Å². The normalized spacial score (nSPS) is 10.1. The SMILES string of the molecule is CCCCSCC(=O)Nc1nc(OC)n[nH]1. The molecule has 0 aliphatic carbocycles. The minimum Gasteiger partial charge on any atom is -0.466 e. The average Bonchev–Trinajstić information content (AvgIpc) is 2.72. The van der Waals surface area contributed by atoms with E-state index in [0.29, 0.717) is 11.7 Å². The summed E-state index contributed by atoms with van der Waals surface area (Å²) in [5.41, 5.74) is 0. The summed E-state index contributed by atoms with van der Waals surface area (Å²) in [4.78, 5) is 15.3. The van der Waals surface area contributed by atoms with E-state index in [1.807, 2.05) is 0 Å². The Morgan fingerprint density at radius 1 is 1.62 bits per heavy atom. The number of thioether (sulfide) groups is 1. The lowest BCUT2D eigenvalue weighted by Gasteiger charge is -2.00. The molecule has 0 aliphatic heterocycles. The molecule has 1 aromatic rings. The molecule has 0 unspecified atom stereocenters. The lowest BCUT2D eigenvalue weighted by atomic mass is 10.4. The third-order valence-electron chi connectivity index (χ3n) is 1.78. The van der Waals surface area contributed by atoms with Crippen molar-refractivity contribution in [2.24, 2.45) is 0 Å². The highest BCUT2D eigenvalue weighted by atomic mass is 32.2. The van der Waals surface area contributed by atoms with Crippen molar-refractivity contribution in [1.82, 2.24) is 15.2 Å². The Morgan fingerprint density at radius 3 is 3.06 bits per heavy atom. The zero-order chi connectivity index (χ0) is 11.8. The molecule has 6 nitrogen and oxygen atoms in total. The number of H-pyrrole nitrogens is 1. The Bertz CT molecular complexity index is 329. The number of hydrogen-bond donors (Lipinski definition) is 2. The molecule has 1 amide bonds. The van der Waals surface area contributed by atoms with Crippen LogP contribution in [0.15, 0.2) is 0 Å². The number of hydrogen-bond acceptors (Lipinski definition) is 5. The number of rotatable bonds is 7. The van der Waals surface area contributed by atoms with Crippen LogP contribution in [0.25, 0.3) is 0 Å². The molecule has 0 spiro atoms. The molecular formula is C9H16N4O2S. The van der Waals surface area contributed by atoms with E-state index >= 15 is 0 Å². The van der Waals surface area contributed by atoms with Gasteiger partial charge in [0.25, 0.3) is 0 Å². The number of nitrogens with zero attached hydrogens (tertiary/aromatic N) is 2.